The summed E-state index contributed by atoms with van der Waals surface area (Å²) < 4.78 is 0. The predicted molar refractivity (Wildman–Crippen MR) is 79.5 cm³/mol. The van der Waals surface area contributed by atoms with E-state index in [-0.39, 0.29) is 11.1 Å². The third-order valence-electron chi connectivity index (χ3n) is 4.00. The zero-order valence-electron chi connectivity index (χ0n) is 13.8. The number of carbonyl (C=O) groups is 2. The van der Waals surface area contributed by atoms with Crippen LogP contribution in [0, 0.1) is 0 Å². The molecule has 0 aromatic heterocycles. The van der Waals surface area contributed by atoms with Crippen LogP contribution in [0.5, 0.6) is 0 Å². The number of piperazine rings is 2. The van der Waals surface area contributed by atoms with Crippen LogP contribution in [0.2, 0.25) is 0 Å². The highest BCUT2D eigenvalue weighted by molar-refractivity contribution is 6.29. The number of hydrogen-bond acceptors (Lipinski definition) is 8. The maximum Gasteiger partial charge on any atom is 0.438 e. The van der Waals surface area contributed by atoms with Crippen molar-refractivity contribution in [3.05, 3.63) is 0 Å². The average Bonchev–Trinajstić information content (AvgIpc) is 2.43. The number of carbonyl (C=O) groups excluding carboxylic acids is 2. The molecule has 0 saturated carbocycles. The molecule has 8 heteroatoms. The van der Waals surface area contributed by atoms with Crippen LogP contribution in [0.4, 0.5) is 0 Å². The minimum atomic E-state index is -0.982. The summed E-state index contributed by atoms with van der Waals surface area (Å²) in [5.74, 6) is -1.96. The standard InChI is InChI=1S/C14H26N4O4/c1-13(2)9-15-5-7-17(13)21-11(19)12(20)22-18-8-6-16-10-14(18,3)4/h15-16H,5-10H2,1-4H3. The summed E-state index contributed by atoms with van der Waals surface area (Å²) >= 11 is 0. The Morgan fingerprint density at radius 1 is 0.818 bits per heavy atom. The molecule has 0 radical (unpaired) electrons. The van der Waals surface area contributed by atoms with Gasteiger partial charge >= 0.3 is 11.9 Å². The van der Waals surface area contributed by atoms with Gasteiger partial charge in [0.15, 0.2) is 0 Å². The van der Waals surface area contributed by atoms with E-state index in [0.29, 0.717) is 39.3 Å². The Kier molecular flexibility index (Phi) is 5.06. The summed E-state index contributed by atoms with van der Waals surface area (Å²) in [5.41, 5.74) is -0.717. The van der Waals surface area contributed by atoms with E-state index in [1.807, 2.05) is 27.7 Å². The molecule has 0 bridgehead atoms. The van der Waals surface area contributed by atoms with Crippen molar-refractivity contribution in [1.29, 1.82) is 0 Å². The second kappa shape index (κ2) is 6.49. The van der Waals surface area contributed by atoms with Gasteiger partial charge in [-0.05, 0) is 27.7 Å². The number of hydrogen-bond donors (Lipinski definition) is 2. The lowest BCUT2D eigenvalue weighted by molar-refractivity contribution is -0.246. The first-order valence-electron chi connectivity index (χ1n) is 7.63. The van der Waals surface area contributed by atoms with Gasteiger partial charge in [0.25, 0.3) is 0 Å². The van der Waals surface area contributed by atoms with Crippen LogP contribution in [0.25, 0.3) is 0 Å². The Morgan fingerprint density at radius 2 is 1.18 bits per heavy atom. The smallest absolute Gasteiger partial charge is 0.358 e. The summed E-state index contributed by atoms with van der Waals surface area (Å²) in [5, 5.41) is 9.51. The normalized spacial score (nSPS) is 25.5. The molecule has 0 aromatic carbocycles. The van der Waals surface area contributed by atoms with Gasteiger partial charge in [0.1, 0.15) is 0 Å². The summed E-state index contributed by atoms with van der Waals surface area (Å²) in [4.78, 5) is 34.4. The van der Waals surface area contributed by atoms with Crippen LogP contribution in [-0.2, 0) is 19.3 Å². The average molecular weight is 314 g/mol. The topological polar surface area (TPSA) is 83.1 Å². The van der Waals surface area contributed by atoms with Gasteiger partial charge in [0.05, 0.1) is 11.1 Å². The highest BCUT2D eigenvalue weighted by atomic mass is 16.8. The van der Waals surface area contributed by atoms with Crippen molar-refractivity contribution in [2.24, 2.45) is 0 Å². The van der Waals surface area contributed by atoms with Gasteiger partial charge in [-0.15, -0.1) is 10.1 Å². The second-order valence-electron chi connectivity index (χ2n) is 6.94. The van der Waals surface area contributed by atoms with Crippen molar-refractivity contribution in [1.82, 2.24) is 20.8 Å². The van der Waals surface area contributed by atoms with E-state index >= 15 is 0 Å². The molecule has 0 amide bonds. The Balaban J connectivity index is 1.90. The number of rotatable bonds is 2. The van der Waals surface area contributed by atoms with Gasteiger partial charge < -0.3 is 20.3 Å². The molecular formula is C14H26N4O4. The molecule has 8 nitrogen and oxygen atoms in total. The molecule has 2 aliphatic rings. The maximum atomic E-state index is 12.0. The Labute approximate surface area is 131 Å². The fourth-order valence-corrected chi connectivity index (χ4v) is 2.54. The van der Waals surface area contributed by atoms with Crippen molar-refractivity contribution in [3.8, 4) is 0 Å². The van der Waals surface area contributed by atoms with Crippen molar-refractivity contribution < 1.29 is 19.3 Å². The van der Waals surface area contributed by atoms with E-state index < -0.39 is 11.9 Å². The lowest BCUT2D eigenvalue weighted by Gasteiger charge is -2.41. The zero-order valence-corrected chi connectivity index (χ0v) is 13.8. The summed E-state index contributed by atoms with van der Waals surface area (Å²) in [6, 6.07) is 0. The molecule has 126 valence electrons. The van der Waals surface area contributed by atoms with Crippen molar-refractivity contribution >= 4 is 11.9 Å². The first-order valence-corrected chi connectivity index (χ1v) is 7.63. The van der Waals surface area contributed by atoms with Gasteiger partial charge in [-0.1, -0.05) is 0 Å². The van der Waals surface area contributed by atoms with E-state index in [4.69, 9.17) is 9.68 Å². The van der Waals surface area contributed by atoms with Crippen LogP contribution in [0.15, 0.2) is 0 Å². The van der Waals surface area contributed by atoms with E-state index in [1.54, 1.807) is 0 Å². The van der Waals surface area contributed by atoms with E-state index in [1.165, 1.54) is 10.1 Å². The molecule has 2 saturated heterocycles. The van der Waals surface area contributed by atoms with Gasteiger partial charge in [0, 0.05) is 39.3 Å². The first-order chi connectivity index (χ1) is 10.2. The molecule has 0 aromatic rings. The lowest BCUT2D eigenvalue weighted by Crippen LogP contribution is -2.60. The second-order valence-corrected chi connectivity index (χ2v) is 6.94. The molecule has 0 spiro atoms. The van der Waals surface area contributed by atoms with E-state index in [2.05, 4.69) is 10.6 Å². The van der Waals surface area contributed by atoms with E-state index in [0.717, 1.165) is 0 Å². The highest BCUT2D eigenvalue weighted by Crippen LogP contribution is 2.19. The molecule has 0 aliphatic carbocycles. The summed E-state index contributed by atoms with van der Waals surface area (Å²) in [6.45, 7) is 11.6. The van der Waals surface area contributed by atoms with Crippen LogP contribution in [0.1, 0.15) is 27.7 Å². The van der Waals surface area contributed by atoms with Gasteiger partial charge in [-0.25, -0.2) is 9.59 Å². The monoisotopic (exact) mass is 314 g/mol. The van der Waals surface area contributed by atoms with Crippen LogP contribution < -0.4 is 10.6 Å². The maximum absolute atomic E-state index is 12.0. The Hall–Kier alpha value is -1.22. The Morgan fingerprint density at radius 3 is 1.50 bits per heavy atom. The molecule has 0 unspecified atom stereocenters. The Bertz CT molecular complexity index is 399. The molecule has 2 aliphatic heterocycles. The fourth-order valence-electron chi connectivity index (χ4n) is 2.54. The van der Waals surface area contributed by atoms with Crippen LogP contribution >= 0.6 is 0 Å². The minimum absolute atomic E-state index is 0.359. The van der Waals surface area contributed by atoms with Crippen LogP contribution in [-0.4, -0.2) is 72.4 Å². The quantitative estimate of drug-likeness (QED) is 0.646. The predicted octanol–water partition coefficient (Wildman–Crippen LogP) is -0.730. The number of hydroxylamine groups is 4. The number of nitrogens with one attached hydrogen (secondary N) is 2. The molecule has 2 rings (SSSR count). The van der Waals surface area contributed by atoms with Gasteiger partial charge in [0.2, 0.25) is 0 Å². The van der Waals surface area contributed by atoms with Gasteiger partial charge in [-0.2, -0.15) is 0 Å². The SMILES string of the molecule is CC1(C)CNCCN1OC(=O)C(=O)ON1CCNCC1(C)C. The third-order valence-corrected chi connectivity index (χ3v) is 4.00. The summed E-state index contributed by atoms with van der Waals surface area (Å²) in [6.07, 6.45) is 0. The fraction of sp³-hybridized carbons (Fsp3) is 0.857. The molecule has 0 atom stereocenters. The molecule has 2 heterocycles. The third kappa shape index (κ3) is 3.95. The highest BCUT2D eigenvalue weighted by Gasteiger charge is 2.38. The largest absolute Gasteiger partial charge is 0.438 e. The van der Waals surface area contributed by atoms with Crippen molar-refractivity contribution in [2.45, 2.75) is 38.8 Å². The lowest BCUT2D eigenvalue weighted by atomic mass is 10.0. The van der Waals surface area contributed by atoms with E-state index in [9.17, 15) is 9.59 Å². The minimum Gasteiger partial charge on any atom is -0.358 e. The molecular weight excluding hydrogens is 288 g/mol. The first kappa shape index (κ1) is 17.1. The molecule has 2 fully saturated rings. The summed E-state index contributed by atoms with van der Waals surface area (Å²) in [7, 11) is 0. The molecule has 22 heavy (non-hydrogen) atoms. The zero-order chi connectivity index (χ0) is 16.4. The molecule has 2 N–H and O–H groups in total. The van der Waals surface area contributed by atoms with Crippen molar-refractivity contribution in [3.63, 3.8) is 0 Å². The number of nitrogens with zero attached hydrogens (tertiary/aromatic N) is 2. The van der Waals surface area contributed by atoms with Gasteiger partial charge in [-0.3, -0.25) is 0 Å². The van der Waals surface area contributed by atoms with Crippen LogP contribution in [0.3, 0.4) is 0 Å². The van der Waals surface area contributed by atoms with Crippen molar-refractivity contribution in [2.75, 3.05) is 39.3 Å².